The fraction of sp³-hybridized carbons (Fsp3) is 0.278. The largest absolute Gasteiger partial charge is 0.497 e. The third kappa shape index (κ3) is 4.53. The summed E-state index contributed by atoms with van der Waals surface area (Å²) in [5.41, 5.74) is 0.743. The van der Waals surface area contributed by atoms with E-state index in [1.54, 1.807) is 18.2 Å². The zero-order chi connectivity index (χ0) is 20.1. The average Bonchev–Trinajstić information content (AvgIpc) is 3.18. The fourth-order valence-corrected chi connectivity index (χ4v) is 3.73. The highest BCUT2D eigenvalue weighted by Crippen LogP contribution is 2.32. The van der Waals surface area contributed by atoms with Crippen LogP contribution in [0.5, 0.6) is 17.2 Å². The minimum Gasteiger partial charge on any atom is -0.497 e. The van der Waals surface area contributed by atoms with E-state index in [-0.39, 0.29) is 18.2 Å². The van der Waals surface area contributed by atoms with Gasteiger partial charge in [-0.15, -0.1) is 0 Å². The van der Waals surface area contributed by atoms with Gasteiger partial charge in [0.15, 0.2) is 11.5 Å². The van der Waals surface area contributed by atoms with Gasteiger partial charge in [-0.25, -0.2) is 8.42 Å². The van der Waals surface area contributed by atoms with Crippen molar-refractivity contribution in [3.8, 4) is 17.2 Å². The Morgan fingerprint density at radius 1 is 1.18 bits per heavy atom. The van der Waals surface area contributed by atoms with Crippen molar-refractivity contribution in [2.45, 2.75) is 17.5 Å². The number of hydrogen-bond donors (Lipinski definition) is 3. The van der Waals surface area contributed by atoms with E-state index in [1.807, 2.05) is 0 Å². The summed E-state index contributed by atoms with van der Waals surface area (Å²) in [6.07, 6.45) is 0. The number of benzene rings is 2. The van der Waals surface area contributed by atoms with Crippen molar-refractivity contribution in [2.24, 2.45) is 0 Å². The summed E-state index contributed by atoms with van der Waals surface area (Å²) in [7, 11) is -2.53. The molecule has 150 valence electrons. The van der Waals surface area contributed by atoms with Crippen LogP contribution >= 0.6 is 0 Å². The van der Waals surface area contributed by atoms with Crippen molar-refractivity contribution in [1.82, 2.24) is 10.0 Å². The summed E-state index contributed by atoms with van der Waals surface area (Å²) < 4.78 is 42.5. The van der Waals surface area contributed by atoms with Crippen LogP contribution in [0.25, 0.3) is 0 Å². The van der Waals surface area contributed by atoms with Gasteiger partial charge in [0.1, 0.15) is 11.8 Å². The number of fused-ring (bicyclic) bond motifs is 1. The molecular weight excluding hydrogens is 388 g/mol. The second kappa shape index (κ2) is 8.46. The molecular formula is C18H20N2O7S. The van der Waals surface area contributed by atoms with Crippen LogP contribution in [0.2, 0.25) is 0 Å². The van der Waals surface area contributed by atoms with Gasteiger partial charge in [0.05, 0.1) is 18.6 Å². The number of aliphatic hydroxyl groups excluding tert-OH is 1. The van der Waals surface area contributed by atoms with Gasteiger partial charge in [-0.2, -0.15) is 4.72 Å². The molecule has 0 saturated carbocycles. The van der Waals surface area contributed by atoms with Crippen molar-refractivity contribution in [3.05, 3.63) is 48.0 Å². The van der Waals surface area contributed by atoms with Gasteiger partial charge in [0, 0.05) is 6.54 Å². The fourth-order valence-electron chi connectivity index (χ4n) is 2.55. The number of sulfonamides is 1. The van der Waals surface area contributed by atoms with Crippen molar-refractivity contribution in [2.75, 3.05) is 20.5 Å². The second-order valence-corrected chi connectivity index (χ2v) is 7.65. The topological polar surface area (TPSA) is 123 Å². The molecule has 1 amide bonds. The van der Waals surface area contributed by atoms with E-state index < -0.39 is 28.6 Å². The third-order valence-electron chi connectivity index (χ3n) is 4.07. The molecule has 0 aliphatic carbocycles. The van der Waals surface area contributed by atoms with Crippen LogP contribution in [0.3, 0.4) is 0 Å². The molecule has 28 heavy (non-hydrogen) atoms. The number of carbonyl (C=O) groups excluding carboxylic acids is 1. The molecule has 2 aromatic rings. The molecule has 0 aromatic heterocycles. The third-order valence-corrected chi connectivity index (χ3v) is 5.56. The van der Waals surface area contributed by atoms with Crippen molar-refractivity contribution in [1.29, 1.82) is 0 Å². The van der Waals surface area contributed by atoms with Crippen LogP contribution < -0.4 is 24.2 Å². The maximum absolute atomic E-state index is 12.4. The Balaban J connectivity index is 1.62. The molecule has 3 rings (SSSR count). The molecule has 2 aromatic carbocycles. The van der Waals surface area contributed by atoms with Crippen molar-refractivity contribution >= 4 is 15.9 Å². The Morgan fingerprint density at radius 3 is 2.57 bits per heavy atom. The predicted molar refractivity (Wildman–Crippen MR) is 98.6 cm³/mol. The molecule has 0 radical (unpaired) electrons. The lowest BCUT2D eigenvalue weighted by molar-refractivity contribution is -0.123. The SMILES string of the molecule is COc1ccc(S(=O)(=O)NC(CO)C(=O)NCc2ccc3c(c2)OCO3)cc1. The van der Waals surface area contributed by atoms with Gasteiger partial charge in [0.2, 0.25) is 22.7 Å². The molecule has 3 N–H and O–H groups in total. The first-order valence-electron chi connectivity index (χ1n) is 8.36. The van der Waals surface area contributed by atoms with Gasteiger partial charge >= 0.3 is 0 Å². The van der Waals surface area contributed by atoms with Crippen molar-refractivity contribution in [3.63, 3.8) is 0 Å². The molecule has 1 unspecified atom stereocenters. The number of rotatable bonds is 8. The second-order valence-electron chi connectivity index (χ2n) is 5.94. The number of amides is 1. The maximum Gasteiger partial charge on any atom is 0.241 e. The van der Waals surface area contributed by atoms with Crippen molar-refractivity contribution < 1.29 is 32.5 Å². The molecule has 0 fully saturated rings. The summed E-state index contributed by atoms with van der Waals surface area (Å²) in [6, 6.07) is 9.53. The summed E-state index contributed by atoms with van der Waals surface area (Å²) >= 11 is 0. The van der Waals surface area contributed by atoms with Crippen LogP contribution in [0, 0.1) is 0 Å². The van der Waals surface area contributed by atoms with Crippen LogP contribution in [-0.4, -0.2) is 46.0 Å². The van der Waals surface area contributed by atoms with E-state index in [0.29, 0.717) is 17.2 Å². The van der Waals surface area contributed by atoms with Crippen LogP contribution in [0.15, 0.2) is 47.4 Å². The smallest absolute Gasteiger partial charge is 0.241 e. The van der Waals surface area contributed by atoms with Gasteiger partial charge in [-0.05, 0) is 42.0 Å². The molecule has 0 spiro atoms. The normalized spacial score (nSPS) is 13.8. The van der Waals surface area contributed by atoms with Gasteiger partial charge in [-0.3, -0.25) is 4.79 Å². The molecule has 0 saturated heterocycles. The summed E-state index contributed by atoms with van der Waals surface area (Å²) in [5, 5.41) is 12.1. The molecule has 0 bridgehead atoms. The number of ether oxygens (including phenoxy) is 3. The van der Waals surface area contributed by atoms with E-state index in [0.717, 1.165) is 5.56 Å². The van der Waals surface area contributed by atoms with E-state index in [4.69, 9.17) is 14.2 Å². The quantitative estimate of drug-likeness (QED) is 0.577. The highest BCUT2D eigenvalue weighted by Gasteiger charge is 2.25. The van der Waals surface area contributed by atoms with Crippen LogP contribution in [0.1, 0.15) is 5.56 Å². The Bertz CT molecular complexity index is 945. The lowest BCUT2D eigenvalue weighted by Gasteiger charge is -2.16. The van der Waals surface area contributed by atoms with Crippen LogP contribution in [-0.2, 0) is 21.4 Å². The van der Waals surface area contributed by atoms with Crippen LogP contribution in [0.4, 0.5) is 0 Å². The van der Waals surface area contributed by atoms with E-state index >= 15 is 0 Å². The summed E-state index contributed by atoms with van der Waals surface area (Å²) in [4.78, 5) is 12.3. The molecule has 1 aliphatic heterocycles. The Morgan fingerprint density at radius 2 is 1.89 bits per heavy atom. The maximum atomic E-state index is 12.4. The van der Waals surface area contributed by atoms with Gasteiger partial charge in [-0.1, -0.05) is 6.07 Å². The zero-order valence-corrected chi connectivity index (χ0v) is 15.9. The monoisotopic (exact) mass is 408 g/mol. The molecule has 1 aliphatic rings. The Kier molecular flexibility index (Phi) is 6.02. The first kappa shape index (κ1) is 19.9. The molecule has 1 atom stereocenters. The number of carbonyl (C=O) groups is 1. The first-order chi connectivity index (χ1) is 13.4. The first-order valence-corrected chi connectivity index (χ1v) is 9.85. The highest BCUT2D eigenvalue weighted by atomic mass is 32.2. The van der Waals surface area contributed by atoms with Gasteiger partial charge < -0.3 is 24.6 Å². The number of methoxy groups -OCH3 is 1. The number of aliphatic hydroxyl groups is 1. The van der Waals surface area contributed by atoms with Gasteiger partial charge in [0.25, 0.3) is 0 Å². The summed E-state index contributed by atoms with van der Waals surface area (Å²) in [5.74, 6) is 1.04. The molecule has 10 heteroatoms. The Labute approximate surface area is 162 Å². The van der Waals surface area contributed by atoms with E-state index in [1.165, 1.54) is 31.4 Å². The molecule has 1 heterocycles. The lowest BCUT2D eigenvalue weighted by Crippen LogP contribution is -2.48. The lowest BCUT2D eigenvalue weighted by atomic mass is 10.2. The van der Waals surface area contributed by atoms with E-state index in [9.17, 15) is 18.3 Å². The highest BCUT2D eigenvalue weighted by molar-refractivity contribution is 7.89. The predicted octanol–water partition coefficient (Wildman–Crippen LogP) is 0.380. The summed E-state index contributed by atoms with van der Waals surface area (Å²) in [6.45, 7) is -0.413. The molecule has 9 nitrogen and oxygen atoms in total. The number of hydrogen-bond acceptors (Lipinski definition) is 7. The zero-order valence-electron chi connectivity index (χ0n) is 15.0. The standard InChI is InChI=1S/C18H20N2O7S/c1-25-13-3-5-14(6-4-13)28(23,24)20-15(10-21)18(22)19-9-12-2-7-16-17(8-12)27-11-26-16/h2-8,15,20-21H,9-11H2,1H3,(H,19,22). The Hall–Kier alpha value is -2.82. The number of nitrogens with one attached hydrogen (secondary N) is 2. The van der Waals surface area contributed by atoms with E-state index in [2.05, 4.69) is 10.0 Å². The minimum atomic E-state index is -4.00. The minimum absolute atomic E-state index is 0.0460. The average molecular weight is 408 g/mol.